The first-order valence-electron chi connectivity index (χ1n) is 8.40. The van der Waals surface area contributed by atoms with E-state index in [9.17, 15) is 0 Å². The Hall–Kier alpha value is -0.890. The van der Waals surface area contributed by atoms with Gasteiger partial charge in [0, 0.05) is 10.4 Å². The SMILES string of the molecule is Clc1ccc2c(c1)NCC(C13CC4CC(CC(C4)C1)C3)O2. The lowest BCUT2D eigenvalue weighted by Crippen LogP contribution is -2.56. The van der Waals surface area contributed by atoms with Crippen LogP contribution in [-0.2, 0) is 0 Å². The van der Waals surface area contributed by atoms with Crippen molar-refractivity contribution in [2.75, 3.05) is 11.9 Å². The van der Waals surface area contributed by atoms with Gasteiger partial charge in [-0.15, -0.1) is 0 Å². The van der Waals surface area contributed by atoms with E-state index in [0.29, 0.717) is 11.5 Å². The zero-order chi connectivity index (χ0) is 14.0. The minimum atomic E-state index is 0.347. The van der Waals surface area contributed by atoms with Crippen LogP contribution in [0.15, 0.2) is 18.2 Å². The molecule has 4 aliphatic carbocycles. The first-order valence-corrected chi connectivity index (χ1v) is 8.78. The Bertz CT molecular complexity index is 549. The quantitative estimate of drug-likeness (QED) is 0.810. The predicted molar refractivity (Wildman–Crippen MR) is 85.0 cm³/mol. The maximum Gasteiger partial charge on any atom is 0.143 e. The molecule has 1 heterocycles. The van der Waals surface area contributed by atoms with Crippen molar-refractivity contribution in [1.82, 2.24) is 0 Å². The van der Waals surface area contributed by atoms with E-state index in [0.717, 1.165) is 40.8 Å². The van der Waals surface area contributed by atoms with Crippen LogP contribution in [0.3, 0.4) is 0 Å². The highest BCUT2D eigenvalue weighted by atomic mass is 35.5. The molecule has 1 atom stereocenters. The van der Waals surface area contributed by atoms with Gasteiger partial charge in [0.25, 0.3) is 0 Å². The maximum atomic E-state index is 6.45. The fraction of sp³-hybridized carbons (Fsp3) is 0.667. The highest BCUT2D eigenvalue weighted by molar-refractivity contribution is 6.30. The van der Waals surface area contributed by atoms with Crippen molar-refractivity contribution in [3.8, 4) is 5.75 Å². The Morgan fingerprint density at radius 1 is 1.05 bits per heavy atom. The molecule has 4 fully saturated rings. The van der Waals surface area contributed by atoms with Crippen LogP contribution in [-0.4, -0.2) is 12.6 Å². The summed E-state index contributed by atoms with van der Waals surface area (Å²) in [5.41, 5.74) is 1.50. The lowest BCUT2D eigenvalue weighted by atomic mass is 9.48. The number of rotatable bonds is 1. The Balaban J connectivity index is 1.45. The summed E-state index contributed by atoms with van der Waals surface area (Å²) in [7, 11) is 0. The van der Waals surface area contributed by atoms with Gasteiger partial charge in [0.05, 0.1) is 12.2 Å². The van der Waals surface area contributed by atoms with E-state index in [1.54, 1.807) is 0 Å². The summed E-state index contributed by atoms with van der Waals surface area (Å²) < 4.78 is 6.45. The van der Waals surface area contributed by atoms with Crippen molar-refractivity contribution in [3.63, 3.8) is 0 Å². The summed E-state index contributed by atoms with van der Waals surface area (Å²) in [5.74, 6) is 3.93. The fourth-order valence-electron chi connectivity index (χ4n) is 6.05. The molecule has 4 saturated carbocycles. The monoisotopic (exact) mass is 303 g/mol. The smallest absolute Gasteiger partial charge is 0.143 e. The van der Waals surface area contributed by atoms with Gasteiger partial charge in [-0.05, 0) is 74.5 Å². The van der Waals surface area contributed by atoms with Gasteiger partial charge >= 0.3 is 0 Å². The lowest BCUT2D eigenvalue weighted by molar-refractivity contribution is -0.108. The van der Waals surface area contributed by atoms with Gasteiger partial charge in [-0.3, -0.25) is 0 Å². The van der Waals surface area contributed by atoms with Crippen molar-refractivity contribution in [3.05, 3.63) is 23.2 Å². The summed E-state index contributed by atoms with van der Waals surface area (Å²) >= 11 is 6.07. The number of hydrogen-bond donors (Lipinski definition) is 1. The van der Waals surface area contributed by atoms with E-state index in [1.165, 1.54) is 38.5 Å². The molecule has 0 saturated heterocycles. The second-order valence-electron chi connectivity index (χ2n) is 7.91. The second kappa shape index (κ2) is 4.32. The Morgan fingerprint density at radius 3 is 2.38 bits per heavy atom. The van der Waals surface area contributed by atoms with E-state index in [1.807, 2.05) is 18.2 Å². The molecule has 0 aromatic heterocycles. The first-order chi connectivity index (χ1) is 10.2. The van der Waals surface area contributed by atoms with Crippen LogP contribution in [0.4, 0.5) is 5.69 Å². The maximum absolute atomic E-state index is 6.45. The molecule has 21 heavy (non-hydrogen) atoms. The zero-order valence-electron chi connectivity index (χ0n) is 12.3. The molecule has 2 nitrogen and oxygen atoms in total. The van der Waals surface area contributed by atoms with Crippen molar-refractivity contribution in [1.29, 1.82) is 0 Å². The number of halogens is 1. The molecule has 1 N–H and O–H groups in total. The molecule has 0 spiro atoms. The van der Waals surface area contributed by atoms with E-state index in [-0.39, 0.29) is 0 Å². The van der Waals surface area contributed by atoms with E-state index in [2.05, 4.69) is 5.32 Å². The normalized spacial score (nSPS) is 43.1. The van der Waals surface area contributed by atoms with Crippen molar-refractivity contribution >= 4 is 17.3 Å². The van der Waals surface area contributed by atoms with Crippen LogP contribution >= 0.6 is 11.6 Å². The molecule has 0 radical (unpaired) electrons. The van der Waals surface area contributed by atoms with Gasteiger partial charge in [0.1, 0.15) is 11.9 Å². The standard InChI is InChI=1S/C18H22ClNO/c19-14-1-2-16-15(6-14)20-10-17(21-16)18-7-11-3-12(8-18)5-13(4-11)9-18/h1-2,6,11-13,17,20H,3-5,7-10H2. The lowest BCUT2D eigenvalue weighted by Gasteiger charge is -2.59. The van der Waals surface area contributed by atoms with Crippen LogP contribution in [0.1, 0.15) is 38.5 Å². The van der Waals surface area contributed by atoms with Crippen LogP contribution in [0.2, 0.25) is 5.02 Å². The minimum absolute atomic E-state index is 0.347. The van der Waals surface area contributed by atoms with Gasteiger partial charge in [0.2, 0.25) is 0 Å². The van der Waals surface area contributed by atoms with Gasteiger partial charge < -0.3 is 10.1 Å². The molecule has 4 bridgehead atoms. The number of nitrogens with one attached hydrogen (secondary N) is 1. The van der Waals surface area contributed by atoms with Gasteiger partial charge in [-0.25, -0.2) is 0 Å². The van der Waals surface area contributed by atoms with Crippen LogP contribution in [0.25, 0.3) is 0 Å². The molecular weight excluding hydrogens is 282 g/mol. The topological polar surface area (TPSA) is 21.3 Å². The summed E-state index contributed by atoms with van der Waals surface area (Å²) in [6.07, 6.45) is 9.01. The summed E-state index contributed by atoms with van der Waals surface area (Å²) in [6.45, 7) is 0.944. The van der Waals surface area contributed by atoms with Gasteiger partial charge in [-0.2, -0.15) is 0 Å². The van der Waals surface area contributed by atoms with Crippen molar-refractivity contribution in [2.24, 2.45) is 23.2 Å². The van der Waals surface area contributed by atoms with Crippen LogP contribution < -0.4 is 10.1 Å². The predicted octanol–water partition coefficient (Wildman–Crippen LogP) is 4.73. The molecule has 112 valence electrons. The molecule has 1 aromatic rings. The second-order valence-corrected chi connectivity index (χ2v) is 8.34. The third-order valence-corrected chi connectivity index (χ3v) is 6.69. The Labute approximate surface area is 131 Å². The highest BCUT2D eigenvalue weighted by Gasteiger charge is 2.55. The number of fused-ring (bicyclic) bond motifs is 1. The van der Waals surface area contributed by atoms with Crippen molar-refractivity contribution in [2.45, 2.75) is 44.6 Å². The molecule has 1 aliphatic heterocycles. The number of anilines is 1. The first kappa shape index (κ1) is 12.6. The van der Waals surface area contributed by atoms with E-state index < -0.39 is 0 Å². The fourth-order valence-corrected chi connectivity index (χ4v) is 6.23. The average molecular weight is 304 g/mol. The third-order valence-electron chi connectivity index (χ3n) is 6.46. The van der Waals surface area contributed by atoms with Crippen LogP contribution in [0, 0.1) is 23.2 Å². The zero-order valence-corrected chi connectivity index (χ0v) is 13.0. The van der Waals surface area contributed by atoms with Gasteiger partial charge in [0.15, 0.2) is 0 Å². The molecule has 5 aliphatic rings. The molecular formula is C18H22ClNO. The molecule has 0 amide bonds. The Kier molecular flexibility index (Phi) is 2.60. The number of benzene rings is 1. The molecule has 1 aromatic carbocycles. The highest BCUT2D eigenvalue weighted by Crippen LogP contribution is 2.62. The summed E-state index contributed by atoms with van der Waals surface area (Å²) in [5, 5.41) is 4.35. The largest absolute Gasteiger partial charge is 0.486 e. The van der Waals surface area contributed by atoms with E-state index >= 15 is 0 Å². The Morgan fingerprint density at radius 2 is 1.71 bits per heavy atom. The van der Waals surface area contributed by atoms with Crippen LogP contribution in [0.5, 0.6) is 5.75 Å². The summed E-state index contributed by atoms with van der Waals surface area (Å²) in [6, 6.07) is 5.94. The minimum Gasteiger partial charge on any atom is -0.486 e. The van der Waals surface area contributed by atoms with E-state index in [4.69, 9.17) is 16.3 Å². The molecule has 1 unspecified atom stereocenters. The number of hydrogen-bond acceptors (Lipinski definition) is 2. The molecule has 6 rings (SSSR count). The number of ether oxygens (including phenoxy) is 1. The van der Waals surface area contributed by atoms with Gasteiger partial charge in [-0.1, -0.05) is 11.6 Å². The molecule has 3 heteroatoms. The third kappa shape index (κ3) is 1.91. The van der Waals surface area contributed by atoms with Crippen molar-refractivity contribution < 1.29 is 4.74 Å². The summed E-state index contributed by atoms with van der Waals surface area (Å²) in [4.78, 5) is 0. The average Bonchev–Trinajstić information content (AvgIpc) is 2.45.